The summed E-state index contributed by atoms with van der Waals surface area (Å²) < 4.78 is 55.7. The lowest BCUT2D eigenvalue weighted by molar-refractivity contribution is -0.140. The van der Waals surface area contributed by atoms with Crippen LogP contribution in [-0.2, 0) is 32.6 Å². The zero-order valence-electron chi connectivity index (χ0n) is 27.9. The molecule has 0 aliphatic heterocycles. The van der Waals surface area contributed by atoms with E-state index in [2.05, 4.69) is 5.32 Å². The summed E-state index contributed by atoms with van der Waals surface area (Å²) in [4.78, 5) is 29.5. The molecule has 0 heterocycles. The number of anilines is 1. The maximum atomic E-state index is 15.1. The van der Waals surface area contributed by atoms with Crippen molar-refractivity contribution >= 4 is 27.5 Å². The summed E-state index contributed by atoms with van der Waals surface area (Å²) in [6.45, 7) is 5.01. The standard InChI is InChI=1S/C37H42FN3O6S/c1-6-18-39-37(43)33(22-28-12-8-7-9-13-28)40(24-29-14-10-11-15-32(29)38)36(42)25-41(30-20-26(2)19-27(3)21-30)48(44,45)31-16-17-34(46-4)35(23-31)47-5/h7-17,19-21,23,33H,6,18,22,24-25H2,1-5H3,(H,39,43). The van der Waals surface area contributed by atoms with Crippen LogP contribution in [0, 0.1) is 19.7 Å². The number of nitrogens with zero attached hydrogens (tertiary/aromatic N) is 2. The number of halogens is 1. The Balaban J connectivity index is 1.85. The Labute approximate surface area is 282 Å². The number of sulfonamides is 1. The second-order valence-corrected chi connectivity index (χ2v) is 13.3. The molecule has 0 fully saturated rings. The molecule has 0 aliphatic carbocycles. The van der Waals surface area contributed by atoms with Gasteiger partial charge in [-0.05, 0) is 67.3 Å². The average molecular weight is 676 g/mol. The van der Waals surface area contributed by atoms with Crippen LogP contribution in [0.4, 0.5) is 10.1 Å². The van der Waals surface area contributed by atoms with E-state index < -0.39 is 40.2 Å². The molecule has 4 aromatic rings. The molecule has 0 aromatic heterocycles. The average Bonchev–Trinajstić information content (AvgIpc) is 3.07. The molecule has 0 radical (unpaired) electrons. The molecule has 4 rings (SSSR count). The number of carbonyl (C=O) groups excluding carboxylic acids is 2. The van der Waals surface area contributed by atoms with Crippen LogP contribution in [0.15, 0.2) is 95.9 Å². The van der Waals surface area contributed by atoms with Crippen LogP contribution in [0.25, 0.3) is 0 Å². The van der Waals surface area contributed by atoms with Crippen LogP contribution in [-0.4, -0.2) is 58.5 Å². The Kier molecular flexibility index (Phi) is 12.2. The molecule has 0 bridgehead atoms. The summed E-state index contributed by atoms with van der Waals surface area (Å²) in [5, 5.41) is 2.88. The van der Waals surface area contributed by atoms with Gasteiger partial charge in [-0.15, -0.1) is 0 Å². The number of nitrogens with one attached hydrogen (secondary N) is 1. The van der Waals surface area contributed by atoms with Gasteiger partial charge in [0.15, 0.2) is 11.5 Å². The number of rotatable bonds is 15. The fraction of sp³-hybridized carbons (Fsp3) is 0.297. The highest BCUT2D eigenvalue weighted by Crippen LogP contribution is 2.33. The molecular formula is C37H42FN3O6S. The van der Waals surface area contributed by atoms with E-state index in [1.165, 1.54) is 49.5 Å². The Bertz CT molecular complexity index is 1810. The SMILES string of the molecule is CCCNC(=O)C(Cc1ccccc1)N(Cc1ccccc1F)C(=O)CN(c1cc(C)cc(C)c1)S(=O)(=O)c1ccc(OC)c(OC)c1. The minimum Gasteiger partial charge on any atom is -0.493 e. The predicted octanol–water partition coefficient (Wildman–Crippen LogP) is 5.82. The first-order chi connectivity index (χ1) is 23.0. The van der Waals surface area contributed by atoms with Crippen LogP contribution in [0.1, 0.15) is 35.6 Å². The number of benzene rings is 4. The van der Waals surface area contributed by atoms with Crippen molar-refractivity contribution in [2.75, 3.05) is 31.6 Å². The Morgan fingerprint density at radius 3 is 2.12 bits per heavy atom. The van der Waals surface area contributed by atoms with Crippen molar-refractivity contribution in [3.63, 3.8) is 0 Å². The smallest absolute Gasteiger partial charge is 0.264 e. The summed E-state index contributed by atoms with van der Waals surface area (Å²) in [7, 11) is -1.56. The number of hydrogen-bond donors (Lipinski definition) is 1. The van der Waals surface area contributed by atoms with Gasteiger partial charge in [-0.3, -0.25) is 13.9 Å². The fourth-order valence-corrected chi connectivity index (χ4v) is 6.87. The lowest BCUT2D eigenvalue weighted by Gasteiger charge is -2.34. The van der Waals surface area contributed by atoms with Gasteiger partial charge in [-0.2, -0.15) is 0 Å². The molecule has 0 saturated carbocycles. The van der Waals surface area contributed by atoms with Crippen molar-refractivity contribution < 1.29 is 31.9 Å². The molecule has 0 aliphatic rings. The fourth-order valence-electron chi connectivity index (χ4n) is 5.46. The van der Waals surface area contributed by atoms with Crippen molar-refractivity contribution in [2.24, 2.45) is 0 Å². The van der Waals surface area contributed by atoms with E-state index in [9.17, 15) is 18.0 Å². The van der Waals surface area contributed by atoms with E-state index in [0.29, 0.717) is 18.7 Å². The maximum Gasteiger partial charge on any atom is 0.264 e. The molecule has 4 aromatic carbocycles. The van der Waals surface area contributed by atoms with E-state index in [0.717, 1.165) is 21.0 Å². The van der Waals surface area contributed by atoms with Gasteiger partial charge in [0.25, 0.3) is 10.0 Å². The van der Waals surface area contributed by atoms with Gasteiger partial charge in [0.05, 0.1) is 24.8 Å². The first kappa shape index (κ1) is 35.9. The highest BCUT2D eigenvalue weighted by molar-refractivity contribution is 7.92. The highest BCUT2D eigenvalue weighted by atomic mass is 32.2. The Hall–Kier alpha value is -4.90. The quantitative estimate of drug-likeness (QED) is 0.170. The van der Waals surface area contributed by atoms with Gasteiger partial charge in [-0.25, -0.2) is 12.8 Å². The van der Waals surface area contributed by atoms with Crippen LogP contribution in [0.2, 0.25) is 0 Å². The highest BCUT2D eigenvalue weighted by Gasteiger charge is 2.35. The number of amides is 2. The monoisotopic (exact) mass is 675 g/mol. The Morgan fingerprint density at radius 1 is 0.854 bits per heavy atom. The Morgan fingerprint density at radius 2 is 1.50 bits per heavy atom. The molecule has 48 heavy (non-hydrogen) atoms. The lowest BCUT2D eigenvalue weighted by atomic mass is 10.0. The summed E-state index contributed by atoms with van der Waals surface area (Å²) >= 11 is 0. The van der Waals surface area contributed by atoms with Gasteiger partial charge in [0, 0.05) is 31.1 Å². The third-order valence-electron chi connectivity index (χ3n) is 7.84. The number of hydrogen-bond acceptors (Lipinski definition) is 6. The van der Waals surface area contributed by atoms with E-state index in [1.807, 2.05) is 57.2 Å². The van der Waals surface area contributed by atoms with Crippen LogP contribution < -0.4 is 19.1 Å². The minimum atomic E-state index is -4.40. The zero-order valence-corrected chi connectivity index (χ0v) is 28.7. The van der Waals surface area contributed by atoms with E-state index >= 15 is 4.39 Å². The molecule has 1 atom stereocenters. The summed E-state index contributed by atoms with van der Waals surface area (Å²) in [6, 6.07) is 23.6. The normalized spacial score (nSPS) is 11.8. The van der Waals surface area contributed by atoms with Crippen molar-refractivity contribution in [1.82, 2.24) is 10.2 Å². The number of methoxy groups -OCH3 is 2. The van der Waals surface area contributed by atoms with Gasteiger partial charge < -0.3 is 19.7 Å². The molecule has 2 amide bonds. The largest absolute Gasteiger partial charge is 0.493 e. The molecule has 9 nitrogen and oxygen atoms in total. The summed E-state index contributed by atoms with van der Waals surface area (Å²) in [5.74, 6) is -1.13. The minimum absolute atomic E-state index is 0.128. The molecule has 1 N–H and O–H groups in total. The topological polar surface area (TPSA) is 105 Å². The molecule has 0 spiro atoms. The van der Waals surface area contributed by atoms with E-state index in [4.69, 9.17) is 9.47 Å². The molecular weight excluding hydrogens is 633 g/mol. The summed E-state index contributed by atoms with van der Waals surface area (Å²) in [6.07, 6.45) is 0.789. The van der Waals surface area contributed by atoms with Gasteiger partial charge in [-0.1, -0.05) is 61.5 Å². The van der Waals surface area contributed by atoms with E-state index in [1.54, 1.807) is 24.3 Å². The van der Waals surface area contributed by atoms with Gasteiger partial charge in [0.2, 0.25) is 11.8 Å². The maximum absolute atomic E-state index is 15.1. The molecule has 0 saturated heterocycles. The van der Waals surface area contributed by atoms with E-state index in [-0.39, 0.29) is 34.9 Å². The number of aryl methyl sites for hydroxylation is 2. The van der Waals surface area contributed by atoms with Crippen LogP contribution >= 0.6 is 0 Å². The molecule has 254 valence electrons. The zero-order chi connectivity index (χ0) is 34.8. The second kappa shape index (κ2) is 16.3. The van der Waals surface area contributed by atoms with Crippen molar-refractivity contribution in [2.45, 2.75) is 51.1 Å². The van der Waals surface area contributed by atoms with Crippen LogP contribution in [0.5, 0.6) is 11.5 Å². The van der Waals surface area contributed by atoms with Gasteiger partial charge in [0.1, 0.15) is 18.4 Å². The first-order valence-electron chi connectivity index (χ1n) is 15.7. The molecule has 11 heteroatoms. The van der Waals surface area contributed by atoms with Crippen molar-refractivity contribution in [3.8, 4) is 11.5 Å². The molecule has 1 unspecified atom stereocenters. The van der Waals surface area contributed by atoms with Crippen molar-refractivity contribution in [1.29, 1.82) is 0 Å². The number of carbonyl (C=O) groups is 2. The second-order valence-electron chi connectivity index (χ2n) is 11.5. The third-order valence-corrected chi connectivity index (χ3v) is 9.61. The summed E-state index contributed by atoms with van der Waals surface area (Å²) in [5.41, 5.74) is 2.80. The van der Waals surface area contributed by atoms with Crippen molar-refractivity contribution in [3.05, 3.63) is 119 Å². The van der Waals surface area contributed by atoms with Crippen LogP contribution in [0.3, 0.4) is 0 Å². The lowest BCUT2D eigenvalue weighted by Crippen LogP contribution is -2.53. The first-order valence-corrected chi connectivity index (χ1v) is 17.1. The third kappa shape index (κ3) is 8.71. The number of ether oxygens (including phenoxy) is 2. The van der Waals surface area contributed by atoms with Gasteiger partial charge >= 0.3 is 0 Å². The predicted molar refractivity (Wildman–Crippen MR) is 184 cm³/mol.